The molecular weight excluding hydrogens is 368 g/mol. The number of benzene rings is 1. The molecule has 0 bridgehead atoms. The zero-order chi connectivity index (χ0) is 18.6. The molecule has 3 aromatic rings. The number of hydrogen-bond donors (Lipinski definition) is 2. The van der Waals surface area contributed by atoms with Gasteiger partial charge in [0.05, 0.1) is 24.5 Å². The molecule has 27 heavy (non-hydrogen) atoms. The number of halogens is 1. The second-order valence-corrected chi connectivity index (χ2v) is 6.34. The minimum absolute atomic E-state index is 0.0430. The summed E-state index contributed by atoms with van der Waals surface area (Å²) in [6, 6.07) is 9.29. The van der Waals surface area contributed by atoms with Crippen molar-refractivity contribution in [1.82, 2.24) is 25.1 Å². The van der Waals surface area contributed by atoms with E-state index in [-0.39, 0.29) is 17.3 Å². The molecule has 2 aromatic heterocycles. The van der Waals surface area contributed by atoms with Crippen molar-refractivity contribution in [3.8, 4) is 5.82 Å². The Hall–Kier alpha value is -2.81. The van der Waals surface area contributed by atoms with Crippen LogP contribution in [0, 0.1) is 0 Å². The highest BCUT2D eigenvalue weighted by Gasteiger charge is 2.16. The highest BCUT2D eigenvalue weighted by molar-refractivity contribution is 6.28. The van der Waals surface area contributed by atoms with Gasteiger partial charge in [0.1, 0.15) is 0 Å². The van der Waals surface area contributed by atoms with Gasteiger partial charge in [0.2, 0.25) is 5.28 Å². The predicted molar refractivity (Wildman–Crippen MR) is 100 cm³/mol. The number of nitrogens with one attached hydrogen (secondary N) is 2. The molecule has 3 heterocycles. The second-order valence-electron chi connectivity index (χ2n) is 6.00. The number of carbonyl (C=O) groups excluding carboxylic acids is 1. The van der Waals surface area contributed by atoms with Crippen molar-refractivity contribution in [2.75, 3.05) is 25.0 Å². The smallest absolute Gasteiger partial charge is 0.258 e. The molecule has 1 atom stereocenters. The summed E-state index contributed by atoms with van der Waals surface area (Å²) in [5.41, 5.74) is 2.19. The number of ether oxygens (including phenoxy) is 1. The average molecular weight is 385 g/mol. The first-order chi connectivity index (χ1) is 13.2. The van der Waals surface area contributed by atoms with Crippen LogP contribution in [0.15, 0.2) is 48.9 Å². The van der Waals surface area contributed by atoms with Gasteiger partial charge in [-0.1, -0.05) is 12.1 Å². The van der Waals surface area contributed by atoms with E-state index in [1.54, 1.807) is 12.3 Å². The minimum atomic E-state index is -0.260. The number of hydrogen-bond acceptors (Lipinski definition) is 6. The van der Waals surface area contributed by atoms with E-state index < -0.39 is 0 Å². The Morgan fingerprint density at radius 2 is 2.15 bits per heavy atom. The largest absolute Gasteiger partial charge is 0.371 e. The van der Waals surface area contributed by atoms with Gasteiger partial charge >= 0.3 is 0 Å². The first-order valence-corrected chi connectivity index (χ1v) is 8.84. The Bertz CT molecular complexity index is 937. The van der Waals surface area contributed by atoms with Crippen molar-refractivity contribution in [1.29, 1.82) is 0 Å². The third kappa shape index (κ3) is 4.13. The molecule has 1 aliphatic heterocycles. The van der Waals surface area contributed by atoms with Gasteiger partial charge in [-0.2, -0.15) is 10.1 Å². The van der Waals surface area contributed by atoms with Crippen LogP contribution in [0.1, 0.15) is 22.0 Å². The molecule has 0 saturated carbocycles. The van der Waals surface area contributed by atoms with Crippen LogP contribution >= 0.6 is 11.6 Å². The standard InChI is InChI=1S/C18H17ClN6O2/c19-18-21-6-5-16(24-18)25-11-13(9-22-25)17(26)23-14-3-1-12(2-4-14)15-10-20-7-8-27-15/h1-6,9,11,15,20H,7-8,10H2,(H,23,26). The Kier molecular flexibility index (Phi) is 5.10. The minimum Gasteiger partial charge on any atom is -0.371 e. The van der Waals surface area contributed by atoms with Crippen LogP contribution in [-0.2, 0) is 4.74 Å². The van der Waals surface area contributed by atoms with Crippen LogP contribution in [0.3, 0.4) is 0 Å². The fourth-order valence-corrected chi connectivity index (χ4v) is 2.93. The van der Waals surface area contributed by atoms with Crippen LogP contribution in [0.2, 0.25) is 5.28 Å². The lowest BCUT2D eigenvalue weighted by Crippen LogP contribution is -2.33. The lowest BCUT2D eigenvalue weighted by atomic mass is 10.1. The third-order valence-corrected chi connectivity index (χ3v) is 4.34. The third-order valence-electron chi connectivity index (χ3n) is 4.16. The fourth-order valence-electron chi connectivity index (χ4n) is 2.78. The van der Waals surface area contributed by atoms with E-state index in [0.717, 1.165) is 18.7 Å². The number of nitrogens with zero attached hydrogens (tertiary/aromatic N) is 4. The van der Waals surface area contributed by atoms with Gasteiger partial charge in [-0.05, 0) is 29.3 Å². The van der Waals surface area contributed by atoms with Gasteiger partial charge in [-0.25, -0.2) is 9.67 Å². The number of rotatable bonds is 4. The summed E-state index contributed by atoms with van der Waals surface area (Å²) in [6.07, 6.45) is 4.63. The van der Waals surface area contributed by atoms with Crippen LogP contribution < -0.4 is 10.6 Å². The van der Waals surface area contributed by atoms with Crippen LogP contribution in [-0.4, -0.2) is 45.4 Å². The molecule has 2 N–H and O–H groups in total. The summed E-state index contributed by atoms with van der Waals surface area (Å²) in [6.45, 7) is 2.36. The first kappa shape index (κ1) is 17.6. The molecular formula is C18H17ClN6O2. The maximum Gasteiger partial charge on any atom is 0.258 e. The van der Waals surface area contributed by atoms with E-state index >= 15 is 0 Å². The molecule has 1 aliphatic rings. The Morgan fingerprint density at radius 1 is 1.30 bits per heavy atom. The molecule has 0 aliphatic carbocycles. The van der Waals surface area contributed by atoms with Crippen molar-refractivity contribution in [2.24, 2.45) is 0 Å². The molecule has 1 aromatic carbocycles. The van der Waals surface area contributed by atoms with Crippen molar-refractivity contribution >= 4 is 23.2 Å². The summed E-state index contributed by atoms with van der Waals surface area (Å²) in [5.74, 6) is 0.226. The molecule has 1 amide bonds. The number of anilines is 1. The van der Waals surface area contributed by atoms with Crippen LogP contribution in [0.5, 0.6) is 0 Å². The fraction of sp³-hybridized carbons (Fsp3) is 0.222. The predicted octanol–water partition coefficient (Wildman–Crippen LogP) is 2.23. The Labute approximate surface area is 160 Å². The van der Waals surface area contributed by atoms with Crippen molar-refractivity contribution in [3.63, 3.8) is 0 Å². The summed E-state index contributed by atoms with van der Waals surface area (Å²) < 4.78 is 7.20. The molecule has 1 unspecified atom stereocenters. The SMILES string of the molecule is O=C(Nc1ccc(C2CNCCO2)cc1)c1cnn(-c2ccnc(Cl)n2)c1. The highest BCUT2D eigenvalue weighted by Crippen LogP contribution is 2.21. The summed E-state index contributed by atoms with van der Waals surface area (Å²) >= 11 is 5.78. The van der Waals surface area contributed by atoms with Gasteiger partial charge in [-0.15, -0.1) is 0 Å². The van der Waals surface area contributed by atoms with Gasteiger partial charge < -0.3 is 15.4 Å². The Balaban J connectivity index is 1.43. The van der Waals surface area contributed by atoms with E-state index in [9.17, 15) is 4.79 Å². The van der Waals surface area contributed by atoms with E-state index in [2.05, 4.69) is 25.7 Å². The topological polar surface area (TPSA) is 94.0 Å². The summed E-state index contributed by atoms with van der Waals surface area (Å²) in [5, 5.41) is 10.4. The van der Waals surface area contributed by atoms with Crippen molar-refractivity contribution in [3.05, 3.63) is 65.3 Å². The number of aromatic nitrogens is 4. The number of amides is 1. The van der Waals surface area contributed by atoms with E-state index in [1.165, 1.54) is 17.1 Å². The molecule has 0 spiro atoms. The van der Waals surface area contributed by atoms with Crippen molar-refractivity contribution in [2.45, 2.75) is 6.10 Å². The second kappa shape index (κ2) is 7.83. The lowest BCUT2D eigenvalue weighted by Gasteiger charge is -2.24. The van der Waals surface area contributed by atoms with E-state index in [4.69, 9.17) is 16.3 Å². The van der Waals surface area contributed by atoms with Crippen LogP contribution in [0.25, 0.3) is 5.82 Å². The molecule has 1 saturated heterocycles. The lowest BCUT2D eigenvalue weighted by molar-refractivity contribution is 0.0277. The van der Waals surface area contributed by atoms with Gasteiger partial charge in [0.25, 0.3) is 5.91 Å². The molecule has 138 valence electrons. The van der Waals surface area contributed by atoms with Crippen LogP contribution in [0.4, 0.5) is 5.69 Å². The van der Waals surface area contributed by atoms with Crippen molar-refractivity contribution < 1.29 is 9.53 Å². The zero-order valence-electron chi connectivity index (χ0n) is 14.3. The zero-order valence-corrected chi connectivity index (χ0v) is 15.1. The molecule has 8 nitrogen and oxygen atoms in total. The quantitative estimate of drug-likeness (QED) is 0.670. The van der Waals surface area contributed by atoms with E-state index in [1.807, 2.05) is 24.3 Å². The monoisotopic (exact) mass is 384 g/mol. The normalized spacial score (nSPS) is 16.9. The van der Waals surface area contributed by atoms with E-state index in [0.29, 0.717) is 23.7 Å². The number of morpholine rings is 1. The molecule has 9 heteroatoms. The summed E-state index contributed by atoms with van der Waals surface area (Å²) in [4.78, 5) is 20.3. The molecule has 1 fully saturated rings. The van der Waals surface area contributed by atoms with Gasteiger partial charge in [-0.3, -0.25) is 4.79 Å². The molecule has 4 rings (SSSR count). The maximum atomic E-state index is 12.5. The average Bonchev–Trinajstić information content (AvgIpc) is 3.20. The highest BCUT2D eigenvalue weighted by atomic mass is 35.5. The van der Waals surface area contributed by atoms with Gasteiger partial charge in [0, 0.05) is 37.2 Å². The first-order valence-electron chi connectivity index (χ1n) is 8.46. The maximum absolute atomic E-state index is 12.5. The summed E-state index contributed by atoms with van der Waals surface area (Å²) in [7, 11) is 0. The van der Waals surface area contributed by atoms with Gasteiger partial charge in [0.15, 0.2) is 5.82 Å². The molecule has 0 radical (unpaired) electrons. The Morgan fingerprint density at radius 3 is 2.89 bits per heavy atom. The number of carbonyl (C=O) groups is 1.